The van der Waals surface area contributed by atoms with Crippen LogP contribution in [0.2, 0.25) is 10.0 Å². The summed E-state index contributed by atoms with van der Waals surface area (Å²) in [6.45, 7) is 0. The minimum Gasteiger partial charge on any atom is -0.338 e. The summed E-state index contributed by atoms with van der Waals surface area (Å²) >= 11 is 12.3. The highest BCUT2D eigenvalue weighted by atomic mass is 35.5. The number of pyridine rings is 1. The highest BCUT2D eigenvalue weighted by Crippen LogP contribution is 2.42. The fourth-order valence-corrected chi connectivity index (χ4v) is 4.43. The first kappa shape index (κ1) is 23.4. The van der Waals surface area contributed by atoms with Gasteiger partial charge in [-0.2, -0.15) is 26.3 Å². The van der Waals surface area contributed by atoms with E-state index in [9.17, 15) is 26.3 Å². The molecule has 0 atom stereocenters. The predicted octanol–water partition coefficient (Wildman–Crippen LogP) is 8.79. The van der Waals surface area contributed by atoms with Crippen LogP contribution in [0.5, 0.6) is 0 Å². The molecular weight excluding hydrogens is 515 g/mol. The van der Waals surface area contributed by atoms with Gasteiger partial charge in [0.2, 0.25) is 0 Å². The zero-order valence-electron chi connectivity index (χ0n) is 17.2. The van der Waals surface area contributed by atoms with Crippen molar-refractivity contribution in [2.45, 2.75) is 12.4 Å². The summed E-state index contributed by atoms with van der Waals surface area (Å²) in [6.07, 6.45) is -8.56. The minimum absolute atomic E-state index is 0.0114. The van der Waals surface area contributed by atoms with Crippen LogP contribution in [-0.4, -0.2) is 15.0 Å². The van der Waals surface area contributed by atoms with Crippen molar-refractivity contribution in [1.82, 2.24) is 15.0 Å². The van der Waals surface area contributed by atoms with Gasteiger partial charge in [0.15, 0.2) is 0 Å². The number of benzene rings is 3. The van der Waals surface area contributed by atoms with Gasteiger partial charge in [-0.1, -0.05) is 53.5 Å². The van der Waals surface area contributed by atoms with Crippen molar-refractivity contribution in [3.8, 4) is 22.6 Å². The molecule has 1 N–H and O–H groups in total. The molecule has 11 heteroatoms. The Bertz CT molecular complexity index is 1610. The largest absolute Gasteiger partial charge is 0.418 e. The molecule has 0 spiro atoms. The van der Waals surface area contributed by atoms with Gasteiger partial charge in [0.1, 0.15) is 11.3 Å². The lowest BCUT2D eigenvalue weighted by molar-refractivity contribution is -0.142. The molecule has 2 aromatic heterocycles. The maximum absolute atomic E-state index is 13.6. The van der Waals surface area contributed by atoms with Gasteiger partial charge in [0.25, 0.3) is 0 Å². The van der Waals surface area contributed by atoms with Crippen LogP contribution in [0.4, 0.5) is 26.3 Å². The van der Waals surface area contributed by atoms with E-state index in [4.69, 9.17) is 23.2 Å². The van der Waals surface area contributed by atoms with Gasteiger partial charge in [0, 0.05) is 17.3 Å². The van der Waals surface area contributed by atoms with Gasteiger partial charge >= 0.3 is 12.4 Å². The molecule has 0 aliphatic carbocycles. The lowest BCUT2D eigenvalue weighted by Gasteiger charge is -2.11. The molecule has 0 aliphatic rings. The van der Waals surface area contributed by atoms with Crippen LogP contribution >= 0.6 is 23.2 Å². The average molecular weight is 526 g/mol. The maximum atomic E-state index is 13.6. The summed E-state index contributed by atoms with van der Waals surface area (Å²) in [5.41, 5.74) is -2.39. The quantitative estimate of drug-likeness (QED) is 0.234. The Morgan fingerprint density at radius 1 is 0.771 bits per heavy atom. The lowest BCUT2D eigenvalue weighted by atomic mass is 9.97. The van der Waals surface area contributed by atoms with Crippen molar-refractivity contribution in [3.63, 3.8) is 0 Å². The van der Waals surface area contributed by atoms with Crippen LogP contribution in [0, 0.1) is 0 Å². The van der Waals surface area contributed by atoms with Gasteiger partial charge in [-0.25, -0.2) is 4.98 Å². The van der Waals surface area contributed by atoms with Crippen LogP contribution in [0.3, 0.4) is 0 Å². The molecule has 0 fully saturated rings. The predicted molar refractivity (Wildman–Crippen MR) is 122 cm³/mol. The molecule has 0 radical (unpaired) electrons. The maximum Gasteiger partial charge on any atom is 0.418 e. The van der Waals surface area contributed by atoms with Gasteiger partial charge < -0.3 is 4.98 Å². The molecule has 0 saturated carbocycles. The van der Waals surface area contributed by atoms with Crippen LogP contribution in [0.1, 0.15) is 11.1 Å². The highest BCUT2D eigenvalue weighted by molar-refractivity contribution is 6.36. The molecule has 3 aromatic carbocycles. The first-order valence-corrected chi connectivity index (χ1v) is 10.7. The third-order valence-electron chi connectivity index (χ3n) is 5.46. The highest BCUT2D eigenvalue weighted by Gasteiger charge is 2.39. The molecule has 5 aromatic rings. The molecule has 0 bridgehead atoms. The molecule has 2 heterocycles. The Labute approximate surface area is 203 Å². The summed E-state index contributed by atoms with van der Waals surface area (Å²) in [5.74, 6) is -0.0114. The fraction of sp³-hybridized carbons (Fsp3) is 0.0833. The number of alkyl halides is 6. The van der Waals surface area contributed by atoms with Crippen molar-refractivity contribution < 1.29 is 26.3 Å². The Morgan fingerprint density at radius 2 is 1.43 bits per heavy atom. The van der Waals surface area contributed by atoms with Crippen molar-refractivity contribution in [1.29, 1.82) is 0 Å². The minimum atomic E-state index is -5.03. The second-order valence-electron chi connectivity index (χ2n) is 7.69. The topological polar surface area (TPSA) is 41.6 Å². The number of hydrogen-bond acceptors (Lipinski definition) is 2. The summed E-state index contributed by atoms with van der Waals surface area (Å²) in [5, 5.41) is 1.89. The number of halogens is 8. The molecule has 0 amide bonds. The van der Waals surface area contributed by atoms with E-state index in [0.29, 0.717) is 43.7 Å². The standard InChI is InChI=1S/C24H11Cl2F6N3/c25-12-9-18(26)20(33-10-12)15-5-6-16(14-4-2-1-3-13(14)15)22-34-19-8-11(23(27,28)29)7-17(21(19)35-22)24(30,31)32/h1-10H,(H,34,35). The molecular formula is C24H11Cl2F6N3. The molecule has 5 rings (SSSR count). The Hall–Kier alpha value is -3.30. The number of aromatic amines is 1. The van der Waals surface area contributed by atoms with E-state index in [1.165, 1.54) is 12.3 Å². The number of rotatable bonds is 2. The van der Waals surface area contributed by atoms with Crippen molar-refractivity contribution in [3.05, 3.63) is 82.0 Å². The van der Waals surface area contributed by atoms with Gasteiger partial charge in [-0.05, 0) is 35.0 Å². The summed E-state index contributed by atoms with van der Waals surface area (Å²) < 4.78 is 80.6. The zero-order valence-corrected chi connectivity index (χ0v) is 18.7. The first-order valence-electron chi connectivity index (χ1n) is 9.95. The number of nitrogens with zero attached hydrogens (tertiary/aromatic N) is 2. The van der Waals surface area contributed by atoms with E-state index in [-0.39, 0.29) is 17.4 Å². The molecule has 3 nitrogen and oxygen atoms in total. The SMILES string of the molecule is FC(F)(F)c1cc(C(F)(F)F)c2nc(-c3ccc(-c4ncc(Cl)cc4Cl)c4ccccc34)[nH]c2c1. The zero-order chi connectivity index (χ0) is 25.1. The van der Waals surface area contributed by atoms with Crippen LogP contribution < -0.4 is 0 Å². The van der Waals surface area contributed by atoms with Crippen molar-refractivity contribution in [2.75, 3.05) is 0 Å². The Kier molecular flexibility index (Phi) is 5.45. The fourth-order valence-electron chi connectivity index (χ4n) is 3.95. The molecule has 0 unspecified atom stereocenters. The Morgan fingerprint density at radius 3 is 2.06 bits per heavy atom. The number of nitrogens with one attached hydrogen (secondary N) is 1. The number of imidazole rings is 1. The number of aromatic nitrogens is 3. The van der Waals surface area contributed by atoms with Crippen molar-refractivity contribution in [2.24, 2.45) is 0 Å². The van der Waals surface area contributed by atoms with Crippen molar-refractivity contribution >= 4 is 45.0 Å². The van der Waals surface area contributed by atoms with E-state index in [1.54, 1.807) is 36.4 Å². The third kappa shape index (κ3) is 4.19. The van der Waals surface area contributed by atoms with Gasteiger partial charge in [0.05, 0.1) is 32.4 Å². The van der Waals surface area contributed by atoms with E-state index >= 15 is 0 Å². The Balaban J connectivity index is 1.76. The summed E-state index contributed by atoms with van der Waals surface area (Å²) in [6, 6.07) is 12.5. The lowest BCUT2D eigenvalue weighted by Crippen LogP contribution is -2.11. The van der Waals surface area contributed by atoms with E-state index < -0.39 is 29.0 Å². The normalized spacial score (nSPS) is 12.6. The molecule has 178 valence electrons. The number of fused-ring (bicyclic) bond motifs is 2. The van der Waals surface area contributed by atoms with Gasteiger partial charge in [-0.3, -0.25) is 4.98 Å². The summed E-state index contributed by atoms with van der Waals surface area (Å²) in [4.78, 5) is 11.0. The average Bonchev–Trinajstić information content (AvgIpc) is 3.20. The second kappa shape index (κ2) is 8.13. The first-order chi connectivity index (χ1) is 16.4. The monoisotopic (exact) mass is 525 g/mol. The second-order valence-corrected chi connectivity index (χ2v) is 8.53. The summed E-state index contributed by atoms with van der Waals surface area (Å²) in [7, 11) is 0. The molecule has 0 aliphatic heterocycles. The van der Waals surface area contributed by atoms with Gasteiger partial charge in [-0.15, -0.1) is 0 Å². The molecule has 35 heavy (non-hydrogen) atoms. The third-order valence-corrected chi connectivity index (χ3v) is 5.96. The van der Waals surface area contributed by atoms with Crippen LogP contribution in [0.25, 0.3) is 44.5 Å². The number of hydrogen-bond donors (Lipinski definition) is 1. The van der Waals surface area contributed by atoms with Crippen LogP contribution in [-0.2, 0) is 12.4 Å². The number of H-pyrrole nitrogens is 1. The molecule has 0 saturated heterocycles. The van der Waals surface area contributed by atoms with E-state index in [0.717, 1.165) is 0 Å². The van der Waals surface area contributed by atoms with E-state index in [2.05, 4.69) is 15.0 Å². The smallest absolute Gasteiger partial charge is 0.338 e. The van der Waals surface area contributed by atoms with E-state index in [1.807, 2.05) is 0 Å². The van der Waals surface area contributed by atoms with Crippen LogP contribution in [0.15, 0.2) is 60.8 Å².